The summed E-state index contributed by atoms with van der Waals surface area (Å²) < 4.78 is 4.89. The van der Waals surface area contributed by atoms with E-state index in [1.165, 1.54) is 4.57 Å². The second kappa shape index (κ2) is 11.9. The predicted molar refractivity (Wildman–Crippen MR) is 178 cm³/mol. The number of H-pyrrole nitrogens is 1. The van der Waals surface area contributed by atoms with Crippen molar-refractivity contribution >= 4 is 11.2 Å². The number of nitrogens with one attached hydrogen (secondary N) is 1. The van der Waals surface area contributed by atoms with E-state index in [9.17, 15) is 9.59 Å². The molecule has 3 aromatic heterocycles. The maximum absolute atomic E-state index is 14.5. The Labute approximate surface area is 264 Å². The Kier molecular flexibility index (Phi) is 7.45. The van der Waals surface area contributed by atoms with Crippen molar-refractivity contribution < 1.29 is 0 Å². The minimum absolute atomic E-state index is 0.00719. The van der Waals surface area contributed by atoms with Gasteiger partial charge >= 0.3 is 5.69 Å². The number of hydrogen-bond acceptors (Lipinski definition) is 6. The van der Waals surface area contributed by atoms with Crippen molar-refractivity contribution in [2.45, 2.75) is 39.3 Å². The van der Waals surface area contributed by atoms with Crippen LogP contribution in [0.3, 0.4) is 0 Å². The lowest BCUT2D eigenvalue weighted by atomic mass is 9.98. The smallest absolute Gasteiger partial charge is 0.317 e. The molecule has 0 aliphatic carbocycles. The molecule has 10 nitrogen and oxygen atoms in total. The third-order valence-electron chi connectivity index (χ3n) is 8.33. The molecule has 0 spiro atoms. The molecule has 0 saturated carbocycles. The summed E-state index contributed by atoms with van der Waals surface area (Å²) in [6.45, 7) is 6.38. The van der Waals surface area contributed by atoms with Gasteiger partial charge in [-0.3, -0.25) is 9.36 Å². The zero-order valence-electron chi connectivity index (χ0n) is 25.7. The molecule has 10 heteroatoms. The molecule has 228 valence electrons. The molecule has 4 aromatic carbocycles. The van der Waals surface area contributed by atoms with Crippen LogP contribution in [0.15, 0.2) is 119 Å². The molecule has 3 heterocycles. The molecule has 7 aromatic rings. The van der Waals surface area contributed by atoms with Gasteiger partial charge in [-0.15, -0.1) is 10.2 Å². The number of fused-ring (bicyclic) bond motifs is 1. The highest BCUT2D eigenvalue weighted by atomic mass is 16.2. The number of rotatable bonds is 8. The second-order valence-electron chi connectivity index (χ2n) is 11.6. The summed E-state index contributed by atoms with van der Waals surface area (Å²) in [7, 11) is 0. The van der Waals surface area contributed by atoms with E-state index in [-0.39, 0.29) is 11.5 Å². The number of tetrazole rings is 1. The van der Waals surface area contributed by atoms with E-state index in [1.807, 2.05) is 110 Å². The summed E-state index contributed by atoms with van der Waals surface area (Å²) in [6, 6.07) is 34.6. The van der Waals surface area contributed by atoms with Crippen LogP contribution in [-0.2, 0) is 6.54 Å². The van der Waals surface area contributed by atoms with Crippen LogP contribution in [0.2, 0.25) is 0 Å². The number of benzene rings is 4. The first kappa shape index (κ1) is 28.8. The number of imidazole rings is 1. The molecular formula is C36H32N8O2. The lowest BCUT2D eigenvalue weighted by Crippen LogP contribution is -2.42. The minimum atomic E-state index is -0.495. The lowest BCUT2D eigenvalue weighted by Gasteiger charge is -2.18. The second-order valence-corrected chi connectivity index (χ2v) is 11.6. The zero-order valence-corrected chi connectivity index (χ0v) is 25.7. The lowest BCUT2D eigenvalue weighted by molar-refractivity contribution is 0.568. The normalized spacial score (nSPS) is 12.2. The Morgan fingerprint density at radius 2 is 1.41 bits per heavy atom. The Bertz CT molecular complexity index is 2250. The van der Waals surface area contributed by atoms with Crippen molar-refractivity contribution in [3.63, 3.8) is 0 Å². The van der Waals surface area contributed by atoms with Crippen LogP contribution in [0.4, 0.5) is 0 Å². The summed E-state index contributed by atoms with van der Waals surface area (Å²) in [4.78, 5) is 33.6. The molecule has 0 aliphatic rings. The van der Waals surface area contributed by atoms with Gasteiger partial charge in [0.05, 0.1) is 11.7 Å². The molecule has 7 rings (SSSR count). The van der Waals surface area contributed by atoms with Gasteiger partial charge in [-0.2, -0.15) is 5.21 Å². The number of aromatic nitrogens is 8. The van der Waals surface area contributed by atoms with Crippen LogP contribution in [0.25, 0.3) is 39.4 Å². The molecular weight excluding hydrogens is 576 g/mol. The van der Waals surface area contributed by atoms with E-state index in [0.717, 1.165) is 33.6 Å². The molecule has 0 aliphatic heterocycles. The van der Waals surface area contributed by atoms with Crippen molar-refractivity contribution in [2.24, 2.45) is 0 Å². The highest BCUT2D eigenvalue weighted by Crippen LogP contribution is 2.30. The molecule has 0 saturated heterocycles. The van der Waals surface area contributed by atoms with E-state index in [2.05, 4.69) is 44.9 Å². The molecule has 0 bridgehead atoms. The third kappa shape index (κ3) is 5.03. The fourth-order valence-corrected chi connectivity index (χ4v) is 6.03. The standard InChI is InChI=1S/C36H32N8O2/c1-23(2)33-37-34-31(35(45)43(24(3)26-12-6-4-7-13-26)36(46)44(34)28-14-8-5-9-15-28)42(33)22-25-18-20-27(21-19-25)29-16-10-11-17-30(29)32-38-40-41-39-32/h4-21,23-24H,22H2,1-3H3,(H,38,39,40,41). The van der Waals surface area contributed by atoms with Gasteiger partial charge < -0.3 is 4.57 Å². The number of hydrogen-bond donors (Lipinski definition) is 1. The molecule has 46 heavy (non-hydrogen) atoms. The average Bonchev–Trinajstić information content (AvgIpc) is 3.75. The largest absolute Gasteiger partial charge is 0.337 e. The van der Waals surface area contributed by atoms with E-state index in [0.29, 0.717) is 29.2 Å². The van der Waals surface area contributed by atoms with Gasteiger partial charge in [0.25, 0.3) is 5.56 Å². The highest BCUT2D eigenvalue weighted by Gasteiger charge is 2.26. The fraction of sp³-hybridized carbons (Fsp3) is 0.167. The molecule has 0 amide bonds. The number of nitrogens with zero attached hydrogens (tertiary/aromatic N) is 7. The average molecular weight is 609 g/mol. The zero-order chi connectivity index (χ0) is 31.8. The van der Waals surface area contributed by atoms with Gasteiger partial charge in [0.2, 0.25) is 5.82 Å². The SMILES string of the molecule is CC(C)c1nc2c(c(=O)n(C(C)c3ccccc3)c(=O)n2-c2ccccc2)n1Cc1ccc(-c2ccccc2-c2nn[nH]n2)cc1. The van der Waals surface area contributed by atoms with Gasteiger partial charge in [0, 0.05) is 18.0 Å². The van der Waals surface area contributed by atoms with Crippen molar-refractivity contribution in [3.05, 3.63) is 147 Å². The third-order valence-corrected chi connectivity index (χ3v) is 8.33. The van der Waals surface area contributed by atoms with E-state index in [1.54, 1.807) is 4.57 Å². The fourth-order valence-electron chi connectivity index (χ4n) is 6.03. The van der Waals surface area contributed by atoms with Gasteiger partial charge in [-0.05, 0) is 46.5 Å². The quantitative estimate of drug-likeness (QED) is 0.227. The molecule has 1 unspecified atom stereocenters. The minimum Gasteiger partial charge on any atom is -0.317 e. The van der Waals surface area contributed by atoms with Crippen LogP contribution in [0.1, 0.15) is 49.7 Å². The van der Waals surface area contributed by atoms with Gasteiger partial charge in [-0.25, -0.2) is 14.3 Å². The van der Waals surface area contributed by atoms with Crippen LogP contribution in [0, 0.1) is 0 Å². The van der Waals surface area contributed by atoms with E-state index >= 15 is 0 Å². The first-order chi connectivity index (χ1) is 22.4. The van der Waals surface area contributed by atoms with Crippen LogP contribution < -0.4 is 11.2 Å². The van der Waals surface area contributed by atoms with Gasteiger partial charge in [0.15, 0.2) is 11.2 Å². The molecule has 0 fully saturated rings. The molecule has 0 radical (unpaired) electrons. The first-order valence-corrected chi connectivity index (χ1v) is 15.2. The molecule has 1 atom stereocenters. The summed E-state index contributed by atoms with van der Waals surface area (Å²) in [5.41, 5.74) is 5.31. The number of aromatic amines is 1. The van der Waals surface area contributed by atoms with Crippen LogP contribution in [0.5, 0.6) is 0 Å². The Morgan fingerprint density at radius 3 is 2.07 bits per heavy atom. The first-order valence-electron chi connectivity index (χ1n) is 15.2. The monoisotopic (exact) mass is 608 g/mol. The van der Waals surface area contributed by atoms with Gasteiger partial charge in [-0.1, -0.05) is 111 Å². The Hall–Kier alpha value is -5.90. The van der Waals surface area contributed by atoms with E-state index in [4.69, 9.17) is 4.98 Å². The van der Waals surface area contributed by atoms with Crippen molar-refractivity contribution in [3.8, 4) is 28.2 Å². The summed E-state index contributed by atoms with van der Waals surface area (Å²) in [5, 5.41) is 14.6. The topological polar surface area (TPSA) is 116 Å². The predicted octanol–water partition coefficient (Wildman–Crippen LogP) is 5.98. The van der Waals surface area contributed by atoms with Crippen LogP contribution in [-0.4, -0.2) is 39.3 Å². The Balaban J connectivity index is 1.39. The van der Waals surface area contributed by atoms with Crippen molar-refractivity contribution in [1.29, 1.82) is 0 Å². The van der Waals surface area contributed by atoms with Crippen molar-refractivity contribution in [1.82, 2.24) is 39.3 Å². The maximum Gasteiger partial charge on any atom is 0.337 e. The van der Waals surface area contributed by atoms with Gasteiger partial charge in [0.1, 0.15) is 5.82 Å². The molecule has 1 N–H and O–H groups in total. The maximum atomic E-state index is 14.5. The Morgan fingerprint density at radius 1 is 0.761 bits per heavy atom. The summed E-state index contributed by atoms with van der Waals surface area (Å²) in [6.07, 6.45) is 0. The summed E-state index contributed by atoms with van der Waals surface area (Å²) >= 11 is 0. The van der Waals surface area contributed by atoms with Crippen molar-refractivity contribution in [2.75, 3.05) is 0 Å². The van der Waals surface area contributed by atoms with E-state index < -0.39 is 11.7 Å². The van der Waals surface area contributed by atoms with Crippen LogP contribution >= 0.6 is 0 Å². The summed E-state index contributed by atoms with van der Waals surface area (Å²) in [5.74, 6) is 1.25. The highest BCUT2D eigenvalue weighted by molar-refractivity contribution is 5.80. The number of para-hydroxylation sites is 1.